The summed E-state index contributed by atoms with van der Waals surface area (Å²) in [6.07, 6.45) is 10.9. The average molecular weight is 501 g/mol. The Morgan fingerprint density at radius 3 is 2.72 bits per heavy atom. The first kappa shape index (κ1) is 22.7. The number of aryl methyl sites for hydroxylation is 1. The van der Waals surface area contributed by atoms with Gasteiger partial charge in [-0.1, -0.05) is 17.4 Å². The Morgan fingerprint density at radius 2 is 1.94 bits per heavy atom. The molecule has 4 aromatic heterocycles. The Morgan fingerprint density at radius 1 is 1.08 bits per heavy atom. The molecule has 0 aliphatic heterocycles. The molecule has 0 bridgehead atoms. The van der Waals surface area contributed by atoms with E-state index in [9.17, 15) is 5.11 Å². The first-order valence-corrected chi connectivity index (χ1v) is 13.0. The van der Waals surface area contributed by atoms with E-state index < -0.39 is 0 Å². The van der Waals surface area contributed by atoms with Gasteiger partial charge in [0.1, 0.15) is 17.5 Å². The van der Waals surface area contributed by atoms with E-state index in [0.717, 1.165) is 75.2 Å². The predicted octanol–water partition coefficient (Wildman–Crippen LogP) is 5.09. The molecule has 0 amide bonds. The highest BCUT2D eigenvalue weighted by Gasteiger charge is 2.20. The van der Waals surface area contributed by atoms with E-state index in [0.29, 0.717) is 12.6 Å². The highest BCUT2D eigenvalue weighted by molar-refractivity contribution is 7.22. The zero-order valence-electron chi connectivity index (χ0n) is 20.0. The van der Waals surface area contributed by atoms with E-state index in [-0.39, 0.29) is 6.10 Å². The van der Waals surface area contributed by atoms with Gasteiger partial charge in [0.2, 0.25) is 0 Å². The van der Waals surface area contributed by atoms with Gasteiger partial charge < -0.3 is 20.3 Å². The van der Waals surface area contributed by atoms with Crippen LogP contribution in [0.15, 0.2) is 55.1 Å². The zero-order chi connectivity index (χ0) is 24.5. The average Bonchev–Trinajstić information content (AvgIpc) is 3.62. The number of hydrogen-bond donors (Lipinski definition) is 4. The van der Waals surface area contributed by atoms with Gasteiger partial charge in [0.15, 0.2) is 5.13 Å². The lowest BCUT2D eigenvalue weighted by Gasteiger charge is -2.27. The highest BCUT2D eigenvalue weighted by atomic mass is 32.1. The van der Waals surface area contributed by atoms with Crippen molar-refractivity contribution in [2.75, 3.05) is 10.6 Å². The molecule has 0 spiro atoms. The van der Waals surface area contributed by atoms with E-state index in [2.05, 4.69) is 54.6 Å². The number of fused-ring (bicyclic) bond motifs is 1. The van der Waals surface area contributed by atoms with Crippen molar-refractivity contribution in [2.24, 2.45) is 0 Å². The maximum absolute atomic E-state index is 9.87. The van der Waals surface area contributed by atoms with E-state index in [1.165, 1.54) is 0 Å². The van der Waals surface area contributed by atoms with Gasteiger partial charge in [-0.05, 0) is 68.0 Å². The standard InChI is InChI=1S/C26H28N8OS/c1-16-27-8-9-34(16)15-17-10-24(30-20-3-5-21(35)6-4-20)32-25(11-17)33-26-31-22-7-2-18(12-23(22)36-26)19-13-28-29-14-19/h2,7-14,20-21,35H,3-6,15H2,1H3,(H,28,29)(H2,30,31,32,33). The maximum atomic E-state index is 9.87. The minimum atomic E-state index is -0.183. The van der Waals surface area contributed by atoms with Crippen molar-refractivity contribution in [1.29, 1.82) is 0 Å². The molecule has 184 valence electrons. The number of aliphatic hydroxyl groups is 1. The SMILES string of the molecule is Cc1nccn1Cc1cc(Nc2nc3ccc(-c4cn[nH]c4)cc3s2)nc(NC2CCC(O)CC2)c1. The van der Waals surface area contributed by atoms with Gasteiger partial charge in [0, 0.05) is 36.7 Å². The van der Waals surface area contributed by atoms with Gasteiger partial charge in [-0.2, -0.15) is 5.10 Å². The van der Waals surface area contributed by atoms with Crippen LogP contribution in [0.1, 0.15) is 37.1 Å². The number of nitrogens with one attached hydrogen (secondary N) is 3. The van der Waals surface area contributed by atoms with E-state index in [1.807, 2.05) is 37.8 Å². The summed E-state index contributed by atoms with van der Waals surface area (Å²) in [5.74, 6) is 2.55. The van der Waals surface area contributed by atoms with E-state index in [1.54, 1.807) is 11.3 Å². The molecule has 0 atom stereocenters. The fraction of sp³-hybridized carbons (Fsp3) is 0.308. The molecule has 1 aromatic carbocycles. The predicted molar refractivity (Wildman–Crippen MR) is 143 cm³/mol. The third kappa shape index (κ3) is 4.95. The molecule has 10 heteroatoms. The Kier molecular flexibility index (Phi) is 6.12. The number of hydrogen-bond acceptors (Lipinski definition) is 8. The monoisotopic (exact) mass is 500 g/mol. The Bertz CT molecular complexity index is 1470. The number of aromatic amines is 1. The Balaban J connectivity index is 1.28. The molecule has 4 N–H and O–H groups in total. The third-order valence-electron chi connectivity index (χ3n) is 6.67. The Labute approximate surface area is 212 Å². The van der Waals surface area contributed by atoms with Crippen LogP contribution in [0.5, 0.6) is 0 Å². The van der Waals surface area contributed by atoms with Crippen molar-refractivity contribution < 1.29 is 5.11 Å². The summed E-state index contributed by atoms with van der Waals surface area (Å²) >= 11 is 1.60. The lowest BCUT2D eigenvalue weighted by atomic mass is 9.93. The van der Waals surface area contributed by atoms with Crippen LogP contribution in [-0.4, -0.2) is 47.0 Å². The van der Waals surface area contributed by atoms with Crippen molar-refractivity contribution in [3.05, 3.63) is 66.5 Å². The van der Waals surface area contributed by atoms with Crippen molar-refractivity contribution in [3.63, 3.8) is 0 Å². The molecule has 1 aliphatic rings. The van der Waals surface area contributed by atoms with Gasteiger partial charge in [0.05, 0.1) is 22.5 Å². The van der Waals surface area contributed by atoms with Crippen molar-refractivity contribution >= 4 is 38.3 Å². The lowest BCUT2D eigenvalue weighted by Crippen LogP contribution is -2.28. The van der Waals surface area contributed by atoms with Crippen LogP contribution in [0.4, 0.5) is 16.8 Å². The second-order valence-electron chi connectivity index (χ2n) is 9.31. The molecule has 9 nitrogen and oxygen atoms in total. The zero-order valence-corrected chi connectivity index (χ0v) is 20.8. The van der Waals surface area contributed by atoms with Crippen LogP contribution in [0.25, 0.3) is 21.3 Å². The molecule has 0 saturated heterocycles. The number of nitrogens with zero attached hydrogens (tertiary/aromatic N) is 5. The lowest BCUT2D eigenvalue weighted by molar-refractivity contribution is 0.126. The molecule has 4 heterocycles. The third-order valence-corrected chi connectivity index (χ3v) is 7.60. The quantitative estimate of drug-likeness (QED) is 0.246. The molecule has 1 aliphatic carbocycles. The Hall–Kier alpha value is -3.76. The fourth-order valence-corrected chi connectivity index (χ4v) is 5.60. The summed E-state index contributed by atoms with van der Waals surface area (Å²) in [4.78, 5) is 14.0. The van der Waals surface area contributed by atoms with E-state index >= 15 is 0 Å². The van der Waals surface area contributed by atoms with Gasteiger partial charge >= 0.3 is 0 Å². The van der Waals surface area contributed by atoms with Gasteiger partial charge in [-0.25, -0.2) is 15.0 Å². The molecule has 36 heavy (non-hydrogen) atoms. The molecule has 0 unspecified atom stereocenters. The molecule has 6 rings (SSSR count). The number of rotatable bonds is 7. The molecular formula is C26H28N8OS. The number of benzene rings is 1. The van der Waals surface area contributed by atoms with Crippen LogP contribution in [0, 0.1) is 6.92 Å². The number of aromatic nitrogens is 6. The summed E-state index contributed by atoms with van der Waals surface area (Å²) in [7, 11) is 0. The number of aliphatic hydroxyl groups excluding tert-OH is 1. The number of pyridine rings is 1. The summed E-state index contributed by atoms with van der Waals surface area (Å²) in [5.41, 5.74) is 4.22. The van der Waals surface area contributed by atoms with Crippen LogP contribution >= 0.6 is 11.3 Å². The molecule has 1 fully saturated rings. The molecule has 0 radical (unpaired) electrons. The first-order valence-electron chi connectivity index (χ1n) is 12.2. The number of anilines is 3. The minimum absolute atomic E-state index is 0.183. The first-order chi connectivity index (χ1) is 17.6. The highest BCUT2D eigenvalue weighted by Crippen LogP contribution is 2.32. The fourth-order valence-electron chi connectivity index (χ4n) is 4.69. The second-order valence-corrected chi connectivity index (χ2v) is 10.3. The van der Waals surface area contributed by atoms with Gasteiger partial charge in [-0.15, -0.1) is 0 Å². The largest absolute Gasteiger partial charge is 0.393 e. The number of imidazole rings is 1. The van der Waals surface area contributed by atoms with Crippen LogP contribution in [0.2, 0.25) is 0 Å². The normalized spacial score (nSPS) is 17.9. The van der Waals surface area contributed by atoms with Crippen LogP contribution in [0.3, 0.4) is 0 Å². The summed E-state index contributed by atoms with van der Waals surface area (Å²) < 4.78 is 3.22. The number of thiazole rings is 1. The molecular weight excluding hydrogens is 472 g/mol. The number of H-pyrrole nitrogens is 1. The van der Waals surface area contributed by atoms with Gasteiger partial charge in [-0.3, -0.25) is 5.10 Å². The van der Waals surface area contributed by atoms with Crippen molar-refractivity contribution in [2.45, 2.75) is 51.3 Å². The summed E-state index contributed by atoms with van der Waals surface area (Å²) in [6, 6.07) is 10.7. The van der Waals surface area contributed by atoms with Crippen LogP contribution < -0.4 is 10.6 Å². The van der Waals surface area contributed by atoms with Crippen LogP contribution in [-0.2, 0) is 6.54 Å². The maximum Gasteiger partial charge on any atom is 0.189 e. The van der Waals surface area contributed by atoms with Crippen molar-refractivity contribution in [1.82, 2.24) is 29.7 Å². The summed E-state index contributed by atoms with van der Waals surface area (Å²) in [6.45, 7) is 2.71. The van der Waals surface area contributed by atoms with Crippen molar-refractivity contribution in [3.8, 4) is 11.1 Å². The second kappa shape index (κ2) is 9.71. The van der Waals surface area contributed by atoms with E-state index in [4.69, 9.17) is 9.97 Å². The smallest absolute Gasteiger partial charge is 0.189 e. The summed E-state index contributed by atoms with van der Waals surface area (Å²) in [5, 5.41) is 24.6. The minimum Gasteiger partial charge on any atom is -0.393 e. The topological polar surface area (TPSA) is 117 Å². The van der Waals surface area contributed by atoms with Gasteiger partial charge in [0.25, 0.3) is 0 Å². The molecule has 5 aromatic rings. The molecule has 1 saturated carbocycles.